The number of thiazole rings is 1. The molecule has 0 saturated carbocycles. The quantitative estimate of drug-likeness (QED) is 0.216. The van der Waals surface area contributed by atoms with E-state index in [1.165, 1.54) is 59.4 Å². The summed E-state index contributed by atoms with van der Waals surface area (Å²) in [6, 6.07) is 11.5. The first kappa shape index (κ1) is 27.2. The van der Waals surface area contributed by atoms with E-state index in [4.69, 9.17) is 4.74 Å². The van der Waals surface area contributed by atoms with Crippen LogP contribution in [0, 0.1) is 5.82 Å². The highest BCUT2D eigenvalue weighted by molar-refractivity contribution is 7.93. The van der Waals surface area contributed by atoms with Crippen molar-refractivity contribution in [1.29, 1.82) is 0 Å². The van der Waals surface area contributed by atoms with E-state index in [2.05, 4.69) is 40.6 Å². The lowest BCUT2D eigenvalue weighted by molar-refractivity contribution is -0.114. The third kappa shape index (κ3) is 7.16. The van der Waals surface area contributed by atoms with Crippen LogP contribution in [0.15, 0.2) is 65.1 Å². The fraction of sp³-hybridized carbons (Fsp3) is 0.208. The lowest BCUT2D eigenvalue weighted by Gasteiger charge is -2.27. The summed E-state index contributed by atoms with van der Waals surface area (Å²) in [5, 5.41) is 9.03. The maximum atomic E-state index is 13.1. The summed E-state index contributed by atoms with van der Waals surface area (Å²) in [6.07, 6.45) is 1.43. The highest BCUT2D eigenvalue weighted by Gasteiger charge is 2.18. The lowest BCUT2D eigenvalue weighted by atomic mass is 10.3. The van der Waals surface area contributed by atoms with Gasteiger partial charge in [-0.05, 0) is 48.5 Å². The number of carbonyl (C=O) groups excluding carboxylic acids is 1. The summed E-state index contributed by atoms with van der Waals surface area (Å²) >= 11 is 1.18. The number of halogens is 1. The minimum Gasteiger partial charge on any atom is -0.378 e. The van der Waals surface area contributed by atoms with E-state index in [1.807, 2.05) is 4.90 Å². The largest absolute Gasteiger partial charge is 0.378 e. The third-order valence-corrected chi connectivity index (χ3v) is 7.74. The van der Waals surface area contributed by atoms with Crippen LogP contribution < -0.4 is 25.6 Å². The summed E-state index contributed by atoms with van der Waals surface area (Å²) in [5.74, 6) is -0.0493. The van der Waals surface area contributed by atoms with Gasteiger partial charge < -0.3 is 25.6 Å². The van der Waals surface area contributed by atoms with Crippen LogP contribution in [0.2, 0.25) is 0 Å². The predicted molar refractivity (Wildman–Crippen MR) is 149 cm³/mol. The molecule has 0 radical (unpaired) electrons. The summed E-state index contributed by atoms with van der Waals surface area (Å²) in [5.41, 5.74) is 2.52. The molecule has 3 heterocycles. The average Bonchev–Trinajstić information content (AvgIpc) is 3.46. The molecule has 2 aromatic carbocycles. The molecule has 1 aliphatic heterocycles. The Balaban J connectivity index is 1.30. The normalized spacial score (nSPS) is 13.5. The number of benzene rings is 2. The van der Waals surface area contributed by atoms with Gasteiger partial charge in [-0.3, -0.25) is 14.5 Å². The van der Waals surface area contributed by atoms with Crippen molar-refractivity contribution >= 4 is 61.5 Å². The molecule has 4 N–H and O–H groups in total. The zero-order valence-corrected chi connectivity index (χ0v) is 22.5. The molecule has 208 valence electrons. The van der Waals surface area contributed by atoms with Crippen LogP contribution in [0.25, 0.3) is 0 Å². The van der Waals surface area contributed by atoms with Gasteiger partial charge in [-0.25, -0.2) is 12.8 Å². The molecule has 40 heavy (non-hydrogen) atoms. The van der Waals surface area contributed by atoms with Crippen LogP contribution in [0.4, 0.5) is 38.6 Å². The van der Waals surface area contributed by atoms with Crippen molar-refractivity contribution in [2.24, 2.45) is 0 Å². The fourth-order valence-corrected chi connectivity index (χ4v) is 5.41. The number of ether oxygens (including phenoxy) is 1. The Morgan fingerprint density at radius 1 is 0.975 bits per heavy atom. The standard InChI is InChI=1S/C24H24FN9O4S2/c25-16-1-3-17(4-2-16)28-20(35)13-27-22-30-23(32-24(31-22)34-9-11-38-12-10-34)29-18-5-7-19(8-6-18)40(36,37)33-21-14-26-15-39-21/h1-8,14-15,33H,9-13H2,(H,28,35)(H2,27,29,30,31,32). The van der Waals surface area contributed by atoms with Gasteiger partial charge in [0.2, 0.25) is 23.8 Å². The minimum absolute atomic E-state index is 0.0747. The summed E-state index contributed by atoms with van der Waals surface area (Å²) < 4.78 is 46.3. The smallest absolute Gasteiger partial charge is 0.262 e. The molecule has 4 aromatic rings. The van der Waals surface area contributed by atoms with Gasteiger partial charge in [-0.1, -0.05) is 0 Å². The number of nitrogens with zero attached hydrogens (tertiary/aromatic N) is 5. The minimum atomic E-state index is -3.77. The molecule has 0 aliphatic carbocycles. The number of rotatable bonds is 10. The third-order valence-electron chi connectivity index (χ3n) is 5.54. The van der Waals surface area contributed by atoms with Crippen molar-refractivity contribution < 1.29 is 22.3 Å². The number of hydrogen-bond donors (Lipinski definition) is 4. The van der Waals surface area contributed by atoms with E-state index in [1.54, 1.807) is 12.1 Å². The van der Waals surface area contributed by atoms with Crippen molar-refractivity contribution in [3.63, 3.8) is 0 Å². The molecule has 0 unspecified atom stereocenters. The number of hydrogen-bond acceptors (Lipinski definition) is 12. The van der Waals surface area contributed by atoms with Gasteiger partial charge in [0, 0.05) is 24.5 Å². The number of amides is 1. The van der Waals surface area contributed by atoms with Crippen molar-refractivity contribution in [2.45, 2.75) is 4.90 Å². The van der Waals surface area contributed by atoms with Crippen molar-refractivity contribution in [2.75, 3.05) is 58.4 Å². The maximum absolute atomic E-state index is 13.1. The van der Waals surface area contributed by atoms with E-state index in [-0.39, 0.29) is 29.2 Å². The van der Waals surface area contributed by atoms with E-state index in [9.17, 15) is 17.6 Å². The molecule has 1 saturated heterocycles. The van der Waals surface area contributed by atoms with Crippen molar-refractivity contribution in [1.82, 2.24) is 19.9 Å². The SMILES string of the molecule is O=C(CNc1nc(Nc2ccc(S(=O)(=O)Nc3cncs3)cc2)nc(N2CCOCC2)n1)Nc1ccc(F)cc1. The second kappa shape index (κ2) is 12.2. The Bertz CT molecular complexity index is 1550. The fourth-order valence-electron chi connectivity index (χ4n) is 3.61. The van der Waals surface area contributed by atoms with Crippen LogP contribution >= 0.6 is 11.3 Å². The van der Waals surface area contributed by atoms with Gasteiger partial charge in [-0.2, -0.15) is 15.0 Å². The Hall–Kier alpha value is -4.41. The highest BCUT2D eigenvalue weighted by Crippen LogP contribution is 2.23. The van der Waals surface area contributed by atoms with Crippen LogP contribution in [0.3, 0.4) is 0 Å². The Kier molecular flexibility index (Phi) is 8.28. The molecule has 1 fully saturated rings. The van der Waals surface area contributed by atoms with E-state index in [0.717, 1.165) is 0 Å². The first-order chi connectivity index (χ1) is 19.3. The van der Waals surface area contributed by atoms with Gasteiger partial charge in [0.05, 0.1) is 36.4 Å². The van der Waals surface area contributed by atoms with E-state index >= 15 is 0 Å². The molecule has 0 bridgehead atoms. The molecular weight excluding hydrogens is 561 g/mol. The summed E-state index contributed by atoms with van der Waals surface area (Å²) in [6.45, 7) is 2.04. The highest BCUT2D eigenvalue weighted by atomic mass is 32.2. The monoisotopic (exact) mass is 585 g/mol. The van der Waals surface area contributed by atoms with Crippen molar-refractivity contribution in [3.05, 3.63) is 66.1 Å². The Labute approximate surface area is 232 Å². The van der Waals surface area contributed by atoms with Crippen LogP contribution in [0.5, 0.6) is 0 Å². The number of carbonyl (C=O) groups is 1. The molecule has 2 aromatic heterocycles. The zero-order chi connectivity index (χ0) is 28.0. The Morgan fingerprint density at radius 2 is 1.68 bits per heavy atom. The van der Waals surface area contributed by atoms with E-state index < -0.39 is 15.8 Å². The number of morpholine rings is 1. The summed E-state index contributed by atoms with van der Waals surface area (Å²) in [7, 11) is -3.77. The predicted octanol–water partition coefficient (Wildman–Crippen LogP) is 2.90. The number of sulfonamides is 1. The van der Waals surface area contributed by atoms with Gasteiger partial charge >= 0.3 is 0 Å². The van der Waals surface area contributed by atoms with E-state index in [0.29, 0.717) is 48.6 Å². The zero-order valence-electron chi connectivity index (χ0n) is 20.9. The van der Waals surface area contributed by atoms with Crippen molar-refractivity contribution in [3.8, 4) is 0 Å². The second-order valence-corrected chi connectivity index (χ2v) is 11.0. The molecule has 5 rings (SSSR count). The molecule has 0 spiro atoms. The molecule has 0 atom stereocenters. The molecule has 13 nitrogen and oxygen atoms in total. The topological polar surface area (TPSA) is 163 Å². The molecule has 16 heteroatoms. The number of anilines is 6. The van der Waals surface area contributed by atoms with Crippen LogP contribution in [-0.2, 0) is 19.6 Å². The second-order valence-electron chi connectivity index (χ2n) is 8.41. The molecular formula is C24H24FN9O4S2. The Morgan fingerprint density at radius 3 is 2.38 bits per heavy atom. The summed E-state index contributed by atoms with van der Waals surface area (Å²) in [4.78, 5) is 31.6. The van der Waals surface area contributed by atoms with Crippen LogP contribution in [0.1, 0.15) is 0 Å². The van der Waals surface area contributed by atoms with Crippen LogP contribution in [-0.4, -0.2) is 67.1 Å². The van der Waals surface area contributed by atoms with Gasteiger partial charge in [0.1, 0.15) is 10.8 Å². The lowest BCUT2D eigenvalue weighted by Crippen LogP contribution is -2.37. The van der Waals surface area contributed by atoms with Gasteiger partial charge in [0.25, 0.3) is 10.0 Å². The number of nitrogens with one attached hydrogen (secondary N) is 4. The molecule has 1 amide bonds. The maximum Gasteiger partial charge on any atom is 0.262 e. The average molecular weight is 586 g/mol. The first-order valence-corrected chi connectivity index (χ1v) is 14.4. The number of aromatic nitrogens is 4. The first-order valence-electron chi connectivity index (χ1n) is 12.0. The van der Waals surface area contributed by atoms with Gasteiger partial charge in [0.15, 0.2) is 0 Å². The molecule has 1 aliphatic rings. The van der Waals surface area contributed by atoms with Gasteiger partial charge in [-0.15, -0.1) is 11.3 Å².